The number of carboxylic acid groups (broad SMARTS) is 1. The molecular formula is C26H25FN2O6. The van der Waals surface area contributed by atoms with E-state index in [0.717, 1.165) is 24.8 Å². The number of nitrogens with zero attached hydrogens (tertiary/aromatic N) is 2. The van der Waals surface area contributed by atoms with E-state index in [-0.39, 0.29) is 18.0 Å². The van der Waals surface area contributed by atoms with E-state index < -0.39 is 12.3 Å². The van der Waals surface area contributed by atoms with E-state index in [2.05, 4.69) is 10.1 Å². The number of rotatable bonds is 10. The van der Waals surface area contributed by atoms with Gasteiger partial charge in [-0.25, -0.2) is 9.18 Å². The van der Waals surface area contributed by atoms with E-state index >= 15 is 0 Å². The van der Waals surface area contributed by atoms with E-state index in [1.807, 2.05) is 0 Å². The van der Waals surface area contributed by atoms with Crippen LogP contribution in [0.25, 0.3) is 0 Å². The number of carbonyl (C=O) groups is 1. The predicted octanol–water partition coefficient (Wildman–Crippen LogP) is 4.82. The van der Waals surface area contributed by atoms with E-state index in [9.17, 15) is 14.3 Å². The molecule has 0 amide bonds. The molecule has 0 saturated carbocycles. The lowest BCUT2D eigenvalue weighted by Gasteiger charge is -2.20. The maximum Gasteiger partial charge on any atom is 0.335 e. The van der Waals surface area contributed by atoms with Gasteiger partial charge in [-0.1, -0.05) is 17.3 Å². The molecular weight excluding hydrogens is 455 g/mol. The molecule has 1 saturated heterocycles. The average molecular weight is 480 g/mol. The average Bonchev–Trinajstić information content (AvgIpc) is 2.90. The van der Waals surface area contributed by atoms with Crippen molar-refractivity contribution in [3.8, 4) is 11.5 Å². The third-order valence-electron chi connectivity index (χ3n) is 5.24. The topological polar surface area (TPSA) is 99.5 Å². The second kappa shape index (κ2) is 11.9. The lowest BCUT2D eigenvalue weighted by atomic mass is 10.2. The first kappa shape index (κ1) is 24.2. The molecule has 0 radical (unpaired) electrons. The van der Waals surface area contributed by atoms with Crippen LogP contribution >= 0.6 is 0 Å². The van der Waals surface area contributed by atoms with Gasteiger partial charge in [-0.2, -0.15) is 0 Å². The first-order valence-electron chi connectivity index (χ1n) is 11.2. The van der Waals surface area contributed by atoms with Crippen molar-refractivity contribution in [1.82, 2.24) is 4.98 Å². The summed E-state index contributed by atoms with van der Waals surface area (Å²) in [6, 6.07) is 15.9. The van der Waals surface area contributed by atoms with Crippen LogP contribution in [0.3, 0.4) is 0 Å². The summed E-state index contributed by atoms with van der Waals surface area (Å²) in [6.07, 6.45) is 3.62. The Bertz CT molecular complexity index is 1150. The molecule has 3 aromatic rings. The summed E-state index contributed by atoms with van der Waals surface area (Å²) < 4.78 is 30.1. The number of pyridine rings is 1. The van der Waals surface area contributed by atoms with Crippen molar-refractivity contribution in [2.24, 2.45) is 5.16 Å². The van der Waals surface area contributed by atoms with Crippen molar-refractivity contribution >= 4 is 11.7 Å². The lowest BCUT2D eigenvalue weighted by Crippen LogP contribution is -2.22. The largest absolute Gasteiger partial charge is 0.489 e. The van der Waals surface area contributed by atoms with Crippen molar-refractivity contribution < 1.29 is 33.3 Å². The van der Waals surface area contributed by atoms with Gasteiger partial charge in [-0.15, -0.1) is 0 Å². The molecule has 1 aliphatic rings. The monoisotopic (exact) mass is 480 g/mol. The van der Waals surface area contributed by atoms with Crippen LogP contribution in [0.15, 0.2) is 72.0 Å². The van der Waals surface area contributed by atoms with Crippen molar-refractivity contribution in [3.05, 3.63) is 89.5 Å². The first-order chi connectivity index (χ1) is 17.1. The van der Waals surface area contributed by atoms with Crippen LogP contribution in [0.5, 0.6) is 11.5 Å². The molecule has 1 aliphatic heterocycles. The number of benzene rings is 2. The number of carboxylic acids is 1. The maximum atomic E-state index is 13.0. The van der Waals surface area contributed by atoms with Gasteiger partial charge in [0.1, 0.15) is 36.2 Å². The fourth-order valence-corrected chi connectivity index (χ4v) is 3.32. The third-order valence-corrected chi connectivity index (χ3v) is 5.24. The lowest BCUT2D eigenvalue weighted by molar-refractivity contribution is -0.162. The Balaban J connectivity index is 1.40. The fourth-order valence-electron chi connectivity index (χ4n) is 3.32. The summed E-state index contributed by atoms with van der Waals surface area (Å²) in [5, 5.41) is 13.5. The smallest absolute Gasteiger partial charge is 0.335 e. The van der Waals surface area contributed by atoms with E-state index in [0.29, 0.717) is 36.1 Å². The molecule has 1 atom stereocenters. The minimum absolute atomic E-state index is 0.00141. The van der Waals surface area contributed by atoms with E-state index in [1.165, 1.54) is 30.5 Å². The normalized spacial score (nSPS) is 15.9. The fraction of sp³-hybridized carbons (Fsp3) is 0.269. The van der Waals surface area contributed by atoms with Gasteiger partial charge in [-0.05, 0) is 66.9 Å². The first-order valence-corrected chi connectivity index (χ1v) is 11.2. The Labute approximate surface area is 201 Å². The van der Waals surface area contributed by atoms with Crippen LogP contribution < -0.4 is 9.47 Å². The maximum absolute atomic E-state index is 13.0. The van der Waals surface area contributed by atoms with Gasteiger partial charge in [-0.3, -0.25) is 4.98 Å². The zero-order chi connectivity index (χ0) is 24.5. The summed E-state index contributed by atoms with van der Waals surface area (Å²) >= 11 is 0. The second-order valence-electron chi connectivity index (χ2n) is 7.85. The number of oxime groups is 1. The highest BCUT2D eigenvalue weighted by Gasteiger charge is 2.17. The van der Waals surface area contributed by atoms with E-state index in [4.69, 9.17) is 19.0 Å². The summed E-state index contributed by atoms with van der Waals surface area (Å²) in [4.78, 5) is 21.1. The zero-order valence-electron chi connectivity index (χ0n) is 18.9. The van der Waals surface area contributed by atoms with Crippen LogP contribution in [0.2, 0.25) is 0 Å². The van der Waals surface area contributed by atoms with Gasteiger partial charge in [0.25, 0.3) is 0 Å². The molecule has 0 aliphatic carbocycles. The second-order valence-corrected chi connectivity index (χ2v) is 7.85. The number of aromatic nitrogens is 1. The number of ether oxygens (including phenoxy) is 3. The van der Waals surface area contributed by atoms with Gasteiger partial charge in [0.15, 0.2) is 0 Å². The molecule has 9 heteroatoms. The Morgan fingerprint density at radius 3 is 2.49 bits per heavy atom. The standard InChI is InChI=1S/C26H25FN2O6/c27-20-6-4-18(5-7-20)16-33-21-8-10-22(11-9-21)34-17-24(29-35-25-3-1-2-14-32-25)23-15-19(26(30)31)12-13-28-23/h4-13,15,25H,1-3,14,16-17H2,(H,30,31)/b29-24+. The van der Waals surface area contributed by atoms with Gasteiger partial charge in [0.2, 0.25) is 6.29 Å². The molecule has 35 heavy (non-hydrogen) atoms. The Morgan fingerprint density at radius 2 is 1.80 bits per heavy atom. The Hall–Kier alpha value is -3.98. The number of aromatic carboxylic acids is 1. The number of hydrogen-bond acceptors (Lipinski definition) is 7. The summed E-state index contributed by atoms with van der Waals surface area (Å²) in [6.45, 7) is 0.913. The zero-order valence-corrected chi connectivity index (χ0v) is 18.9. The molecule has 2 aromatic carbocycles. The number of halogens is 1. The van der Waals surface area contributed by atoms with Crippen LogP contribution in [0.4, 0.5) is 4.39 Å². The summed E-state index contributed by atoms with van der Waals surface area (Å²) in [5.74, 6) is -0.180. The molecule has 0 spiro atoms. The van der Waals surface area contributed by atoms with Crippen molar-refractivity contribution in [2.45, 2.75) is 32.2 Å². The molecule has 182 valence electrons. The van der Waals surface area contributed by atoms with E-state index in [1.54, 1.807) is 36.4 Å². The summed E-state index contributed by atoms with van der Waals surface area (Å²) in [5.41, 5.74) is 1.60. The molecule has 1 fully saturated rings. The van der Waals surface area contributed by atoms with Crippen molar-refractivity contribution in [3.63, 3.8) is 0 Å². The minimum atomic E-state index is -1.07. The van der Waals surface area contributed by atoms with Crippen molar-refractivity contribution in [1.29, 1.82) is 0 Å². The highest BCUT2D eigenvalue weighted by molar-refractivity contribution is 6.01. The molecule has 2 heterocycles. The van der Waals surface area contributed by atoms with Gasteiger partial charge >= 0.3 is 5.97 Å². The van der Waals surface area contributed by atoms with Crippen LogP contribution in [0.1, 0.15) is 40.9 Å². The predicted molar refractivity (Wildman–Crippen MR) is 125 cm³/mol. The molecule has 4 rings (SSSR count). The van der Waals surface area contributed by atoms with Crippen molar-refractivity contribution in [2.75, 3.05) is 13.2 Å². The number of hydrogen-bond donors (Lipinski definition) is 1. The molecule has 1 unspecified atom stereocenters. The van der Waals surface area contributed by atoms with Gasteiger partial charge < -0.3 is 24.2 Å². The Morgan fingerprint density at radius 1 is 1.06 bits per heavy atom. The summed E-state index contributed by atoms with van der Waals surface area (Å²) in [7, 11) is 0. The quantitative estimate of drug-likeness (QED) is 0.328. The third kappa shape index (κ3) is 7.25. The Kier molecular flexibility index (Phi) is 8.24. The van der Waals surface area contributed by atoms with Crippen LogP contribution in [-0.2, 0) is 16.2 Å². The molecule has 8 nitrogen and oxygen atoms in total. The van der Waals surface area contributed by atoms with Gasteiger partial charge in [0.05, 0.1) is 17.9 Å². The molecule has 1 aromatic heterocycles. The van der Waals surface area contributed by atoms with Crippen LogP contribution in [-0.4, -0.2) is 41.3 Å². The highest BCUT2D eigenvalue weighted by Crippen LogP contribution is 2.20. The SMILES string of the molecule is O=C(O)c1ccnc(/C(COc2ccc(OCc3ccc(F)cc3)cc2)=N/OC2CCCCO2)c1. The molecule has 1 N–H and O–H groups in total. The van der Waals surface area contributed by atoms with Crippen LogP contribution in [0, 0.1) is 5.82 Å². The van der Waals surface area contributed by atoms with Gasteiger partial charge in [0, 0.05) is 12.6 Å². The highest BCUT2D eigenvalue weighted by atomic mass is 19.1. The minimum Gasteiger partial charge on any atom is -0.489 e. The molecule has 0 bridgehead atoms.